The Kier molecular flexibility index (Phi) is 2.53. The second-order valence-corrected chi connectivity index (χ2v) is 4.35. The molecule has 0 heteroatoms. The average molecular weight is 163 g/mol. The van der Waals surface area contributed by atoms with Crippen molar-refractivity contribution in [3.63, 3.8) is 0 Å². The summed E-state index contributed by atoms with van der Waals surface area (Å²) in [4.78, 5) is 0. The van der Waals surface area contributed by atoms with Crippen LogP contribution in [0.25, 0.3) is 0 Å². The van der Waals surface area contributed by atoms with Crippen molar-refractivity contribution in [1.29, 1.82) is 0 Å². The SMILES string of the molecule is [CH2]CC1CCCC2CC=CCC12. The van der Waals surface area contributed by atoms with Gasteiger partial charge in [0, 0.05) is 0 Å². The Balaban J connectivity index is 2.05. The van der Waals surface area contributed by atoms with E-state index in [2.05, 4.69) is 19.1 Å². The number of hydrogen-bond donors (Lipinski definition) is 0. The third-order valence-corrected chi connectivity index (χ3v) is 3.75. The molecule has 0 aromatic rings. The van der Waals surface area contributed by atoms with Gasteiger partial charge in [-0.25, -0.2) is 0 Å². The Bertz CT molecular complexity index is 169. The summed E-state index contributed by atoms with van der Waals surface area (Å²) < 4.78 is 0. The van der Waals surface area contributed by atoms with Crippen LogP contribution in [-0.2, 0) is 0 Å². The molecule has 0 amide bonds. The van der Waals surface area contributed by atoms with Crippen LogP contribution >= 0.6 is 0 Å². The molecule has 1 radical (unpaired) electrons. The summed E-state index contributed by atoms with van der Waals surface area (Å²) in [6, 6.07) is 0. The zero-order valence-corrected chi connectivity index (χ0v) is 7.84. The van der Waals surface area contributed by atoms with E-state index in [-0.39, 0.29) is 0 Å². The summed E-state index contributed by atoms with van der Waals surface area (Å²) in [5.41, 5.74) is 0. The summed E-state index contributed by atoms with van der Waals surface area (Å²) in [5.74, 6) is 2.94. The zero-order valence-electron chi connectivity index (χ0n) is 7.84. The van der Waals surface area contributed by atoms with E-state index in [0.29, 0.717) is 0 Å². The Labute approximate surface area is 76.1 Å². The van der Waals surface area contributed by atoms with E-state index in [1.807, 2.05) is 0 Å². The maximum atomic E-state index is 4.08. The van der Waals surface area contributed by atoms with Gasteiger partial charge in [0.05, 0.1) is 0 Å². The number of rotatable bonds is 1. The van der Waals surface area contributed by atoms with Crippen molar-refractivity contribution in [3.05, 3.63) is 19.1 Å². The molecule has 0 saturated heterocycles. The number of fused-ring (bicyclic) bond motifs is 1. The van der Waals surface area contributed by atoms with Crippen molar-refractivity contribution in [3.8, 4) is 0 Å². The molecule has 3 unspecified atom stereocenters. The smallest absolute Gasteiger partial charge is 0.0317 e. The van der Waals surface area contributed by atoms with Crippen molar-refractivity contribution >= 4 is 0 Å². The first kappa shape index (κ1) is 8.34. The molecule has 67 valence electrons. The third kappa shape index (κ3) is 1.44. The van der Waals surface area contributed by atoms with Gasteiger partial charge in [-0.3, -0.25) is 0 Å². The maximum absolute atomic E-state index is 4.08. The minimum Gasteiger partial charge on any atom is -0.0882 e. The van der Waals surface area contributed by atoms with E-state index in [4.69, 9.17) is 0 Å². The summed E-state index contributed by atoms with van der Waals surface area (Å²) >= 11 is 0. The van der Waals surface area contributed by atoms with Gasteiger partial charge in [0.15, 0.2) is 0 Å². The van der Waals surface area contributed by atoms with Crippen LogP contribution in [0.3, 0.4) is 0 Å². The van der Waals surface area contributed by atoms with Crippen LogP contribution in [0.2, 0.25) is 0 Å². The topological polar surface area (TPSA) is 0 Å². The number of hydrogen-bond acceptors (Lipinski definition) is 0. The molecule has 0 heterocycles. The van der Waals surface area contributed by atoms with E-state index in [1.54, 1.807) is 0 Å². The molecule has 0 N–H and O–H groups in total. The predicted molar refractivity (Wildman–Crippen MR) is 52.7 cm³/mol. The summed E-state index contributed by atoms with van der Waals surface area (Å²) in [6.45, 7) is 4.08. The first-order chi connectivity index (χ1) is 5.92. The lowest BCUT2D eigenvalue weighted by molar-refractivity contribution is 0.149. The molecule has 1 saturated carbocycles. The second-order valence-electron chi connectivity index (χ2n) is 4.35. The molecule has 0 spiro atoms. The molecule has 1 fully saturated rings. The highest BCUT2D eigenvalue weighted by Crippen LogP contribution is 2.42. The fraction of sp³-hybridized carbons (Fsp3) is 0.750. The van der Waals surface area contributed by atoms with Crippen molar-refractivity contribution in [1.82, 2.24) is 0 Å². The van der Waals surface area contributed by atoms with Crippen LogP contribution < -0.4 is 0 Å². The van der Waals surface area contributed by atoms with E-state index < -0.39 is 0 Å². The van der Waals surface area contributed by atoms with Gasteiger partial charge >= 0.3 is 0 Å². The monoisotopic (exact) mass is 163 g/mol. The molecule has 0 aromatic carbocycles. The van der Waals surface area contributed by atoms with Gasteiger partial charge in [0.1, 0.15) is 0 Å². The fourth-order valence-corrected chi connectivity index (χ4v) is 3.02. The van der Waals surface area contributed by atoms with Gasteiger partial charge in [0.25, 0.3) is 0 Å². The molecule has 2 aliphatic rings. The summed E-state index contributed by atoms with van der Waals surface area (Å²) in [5, 5.41) is 0. The van der Waals surface area contributed by atoms with Gasteiger partial charge in [-0.1, -0.05) is 38.3 Å². The highest BCUT2D eigenvalue weighted by Gasteiger charge is 2.31. The highest BCUT2D eigenvalue weighted by atomic mass is 14.4. The Morgan fingerprint density at radius 2 is 2.00 bits per heavy atom. The molecule has 0 aliphatic heterocycles. The molecule has 0 aromatic heterocycles. The van der Waals surface area contributed by atoms with E-state index in [0.717, 1.165) is 24.2 Å². The normalized spacial score (nSPS) is 40.9. The largest absolute Gasteiger partial charge is 0.0882 e. The minimum atomic E-state index is 0.939. The quantitative estimate of drug-likeness (QED) is 0.518. The zero-order chi connectivity index (χ0) is 8.39. The van der Waals surface area contributed by atoms with Crippen molar-refractivity contribution in [2.24, 2.45) is 17.8 Å². The predicted octanol–water partition coefficient (Wildman–Crippen LogP) is 3.59. The van der Waals surface area contributed by atoms with E-state index >= 15 is 0 Å². The van der Waals surface area contributed by atoms with Crippen LogP contribution in [0.4, 0.5) is 0 Å². The number of allylic oxidation sites excluding steroid dienone is 2. The van der Waals surface area contributed by atoms with Gasteiger partial charge in [-0.05, 0) is 37.0 Å². The van der Waals surface area contributed by atoms with E-state index in [1.165, 1.54) is 32.1 Å². The summed E-state index contributed by atoms with van der Waals surface area (Å²) in [6.07, 6.45) is 13.0. The Morgan fingerprint density at radius 1 is 1.17 bits per heavy atom. The molecular formula is C12H19. The van der Waals surface area contributed by atoms with E-state index in [9.17, 15) is 0 Å². The lowest BCUT2D eigenvalue weighted by atomic mass is 9.67. The molecule has 0 nitrogen and oxygen atoms in total. The second kappa shape index (κ2) is 3.64. The van der Waals surface area contributed by atoms with Crippen molar-refractivity contribution in [2.75, 3.05) is 0 Å². The fourth-order valence-electron chi connectivity index (χ4n) is 3.02. The lowest BCUT2D eigenvalue weighted by Gasteiger charge is -2.39. The molecule has 3 atom stereocenters. The minimum absolute atomic E-state index is 0.939. The lowest BCUT2D eigenvalue weighted by Crippen LogP contribution is -2.28. The van der Waals surface area contributed by atoms with Crippen molar-refractivity contribution < 1.29 is 0 Å². The summed E-state index contributed by atoms with van der Waals surface area (Å²) in [7, 11) is 0. The molecular weight excluding hydrogens is 144 g/mol. The van der Waals surface area contributed by atoms with Crippen LogP contribution in [0.5, 0.6) is 0 Å². The third-order valence-electron chi connectivity index (χ3n) is 3.75. The van der Waals surface area contributed by atoms with Gasteiger partial charge in [0.2, 0.25) is 0 Å². The maximum Gasteiger partial charge on any atom is -0.0317 e. The van der Waals surface area contributed by atoms with Crippen molar-refractivity contribution in [2.45, 2.75) is 38.5 Å². The average Bonchev–Trinajstić information content (AvgIpc) is 2.17. The highest BCUT2D eigenvalue weighted by molar-refractivity contribution is 4.98. The van der Waals surface area contributed by atoms with Crippen LogP contribution in [0.1, 0.15) is 38.5 Å². The molecule has 2 rings (SSSR count). The van der Waals surface area contributed by atoms with Crippen LogP contribution in [0, 0.1) is 24.7 Å². The Hall–Kier alpha value is -0.260. The van der Waals surface area contributed by atoms with Gasteiger partial charge < -0.3 is 0 Å². The molecule has 12 heavy (non-hydrogen) atoms. The molecule has 2 aliphatic carbocycles. The van der Waals surface area contributed by atoms with Crippen LogP contribution in [0.15, 0.2) is 12.2 Å². The molecule has 0 bridgehead atoms. The Morgan fingerprint density at radius 3 is 2.83 bits per heavy atom. The first-order valence-corrected chi connectivity index (χ1v) is 5.36. The standard InChI is InChI=1S/C12H19/c1-2-10-7-5-8-11-6-3-4-9-12(10)11/h3-4,10-12H,1-2,5-9H2. The van der Waals surface area contributed by atoms with Gasteiger partial charge in [-0.15, -0.1) is 0 Å². The van der Waals surface area contributed by atoms with Gasteiger partial charge in [-0.2, -0.15) is 0 Å². The van der Waals surface area contributed by atoms with Crippen LogP contribution in [-0.4, -0.2) is 0 Å². The first-order valence-electron chi connectivity index (χ1n) is 5.36.